The second kappa shape index (κ2) is 13.1. The highest BCUT2D eigenvalue weighted by Gasteiger charge is 2.18. The Kier molecular flexibility index (Phi) is 8.81. The van der Waals surface area contributed by atoms with Crippen LogP contribution in [0.2, 0.25) is 5.02 Å². The van der Waals surface area contributed by atoms with E-state index in [0.717, 1.165) is 18.3 Å². The Hall–Kier alpha value is -5.09. The molecule has 0 bridgehead atoms. The lowest BCUT2D eigenvalue weighted by atomic mass is 10.0. The van der Waals surface area contributed by atoms with Gasteiger partial charge in [-0.3, -0.25) is 0 Å². The largest absolute Gasteiger partial charge is 0.486 e. The molecule has 0 aliphatic heterocycles. The number of aromatic nitrogens is 4. The predicted molar refractivity (Wildman–Crippen MR) is 168 cm³/mol. The number of hydrogen-bond acceptors (Lipinski definition) is 5. The van der Waals surface area contributed by atoms with Crippen LogP contribution in [0.3, 0.4) is 0 Å². The molecule has 46 heavy (non-hydrogen) atoms. The molecule has 0 amide bonds. The van der Waals surface area contributed by atoms with Crippen LogP contribution < -0.4 is 4.74 Å². The van der Waals surface area contributed by atoms with E-state index < -0.39 is 23.4 Å². The molecule has 0 saturated heterocycles. The second-order valence-electron chi connectivity index (χ2n) is 10.6. The Bertz CT molecular complexity index is 2070. The summed E-state index contributed by atoms with van der Waals surface area (Å²) in [4.78, 5) is 21.3. The number of esters is 1. The topological polar surface area (TPSA) is 71.2 Å². The smallest absolute Gasteiger partial charge is 0.337 e. The summed E-state index contributed by atoms with van der Waals surface area (Å²) in [5.74, 6) is -1.63. The summed E-state index contributed by atoms with van der Waals surface area (Å²) >= 11 is 5.81. The van der Waals surface area contributed by atoms with E-state index in [1.807, 2.05) is 16.1 Å². The van der Waals surface area contributed by atoms with Gasteiger partial charge in [-0.05, 0) is 72.1 Å². The molecule has 0 aliphatic rings. The van der Waals surface area contributed by atoms with Gasteiger partial charge in [0, 0.05) is 29.7 Å². The van der Waals surface area contributed by atoms with Crippen LogP contribution in [0.25, 0.3) is 22.2 Å². The summed E-state index contributed by atoms with van der Waals surface area (Å²) in [5.41, 5.74) is 4.31. The van der Waals surface area contributed by atoms with Crippen LogP contribution in [-0.2, 0) is 30.9 Å². The predicted octanol–water partition coefficient (Wildman–Crippen LogP) is 8.00. The highest BCUT2D eigenvalue weighted by Crippen LogP contribution is 2.30. The maximum atomic E-state index is 15.7. The number of hydrogen-bond donors (Lipinski definition) is 0. The lowest BCUT2D eigenvalue weighted by Crippen LogP contribution is -2.10. The number of imidazole rings is 2. The first-order chi connectivity index (χ1) is 22.2. The molecule has 0 fully saturated rings. The first-order valence-corrected chi connectivity index (χ1v) is 14.8. The standard InChI is InChI=1S/C35H28ClF3N4O3/c1-3-42-20-40-17-27(42)18-43-32-13-24(35(44)45-2)8-11-31(32)41-34(43)15-23-5-4-21(12-29(23)38)22-7-10-28(37)33(14-22)46-19-25-6-9-26(36)16-30(25)39/h4-14,16-17,20H,3,15,18-19H2,1-2H3. The number of benzene rings is 4. The highest BCUT2D eigenvalue weighted by atomic mass is 35.5. The van der Waals surface area contributed by atoms with E-state index in [9.17, 15) is 13.6 Å². The summed E-state index contributed by atoms with van der Waals surface area (Å²) < 4.78 is 58.9. The van der Waals surface area contributed by atoms with Crippen LogP contribution in [0, 0.1) is 17.5 Å². The van der Waals surface area contributed by atoms with Crippen molar-refractivity contribution in [2.45, 2.75) is 33.0 Å². The van der Waals surface area contributed by atoms with Gasteiger partial charge in [0.25, 0.3) is 0 Å². The number of fused-ring (bicyclic) bond motifs is 1. The Morgan fingerprint density at radius 2 is 1.65 bits per heavy atom. The fourth-order valence-electron chi connectivity index (χ4n) is 5.28. The van der Waals surface area contributed by atoms with Gasteiger partial charge in [0.15, 0.2) is 11.6 Å². The zero-order valence-corrected chi connectivity index (χ0v) is 25.7. The second-order valence-corrected chi connectivity index (χ2v) is 11.1. The summed E-state index contributed by atoms with van der Waals surface area (Å²) in [6.45, 7) is 2.93. The molecule has 11 heteroatoms. The molecule has 2 heterocycles. The highest BCUT2D eigenvalue weighted by molar-refractivity contribution is 6.30. The minimum atomic E-state index is -0.631. The van der Waals surface area contributed by atoms with Crippen molar-refractivity contribution >= 4 is 28.6 Å². The van der Waals surface area contributed by atoms with E-state index in [0.29, 0.717) is 45.7 Å². The Morgan fingerprint density at radius 3 is 2.41 bits per heavy atom. The third kappa shape index (κ3) is 6.34. The van der Waals surface area contributed by atoms with E-state index >= 15 is 4.39 Å². The van der Waals surface area contributed by atoms with Crippen molar-refractivity contribution in [1.29, 1.82) is 0 Å². The first kappa shape index (κ1) is 30.9. The minimum absolute atomic E-state index is 0.0947. The molecule has 0 radical (unpaired) electrons. The molecule has 0 atom stereocenters. The molecule has 0 unspecified atom stereocenters. The van der Waals surface area contributed by atoms with E-state index in [1.165, 1.54) is 43.5 Å². The van der Waals surface area contributed by atoms with Gasteiger partial charge in [0.05, 0.1) is 42.3 Å². The van der Waals surface area contributed by atoms with Gasteiger partial charge < -0.3 is 18.6 Å². The van der Waals surface area contributed by atoms with Crippen molar-refractivity contribution in [1.82, 2.24) is 19.1 Å². The fourth-order valence-corrected chi connectivity index (χ4v) is 5.44. The molecular formula is C35H28ClF3N4O3. The van der Waals surface area contributed by atoms with Crippen LogP contribution in [0.4, 0.5) is 13.2 Å². The number of carbonyl (C=O) groups excluding carboxylic acids is 1. The molecule has 0 spiro atoms. The molecule has 4 aromatic carbocycles. The number of rotatable bonds is 10. The quantitative estimate of drug-likeness (QED) is 0.141. The third-order valence-corrected chi connectivity index (χ3v) is 8.01. The molecule has 0 aliphatic carbocycles. The SMILES string of the molecule is CCn1cncc1Cn1c(Cc2ccc(-c3ccc(F)c(OCc4ccc(Cl)cc4F)c3)cc2F)nc2ccc(C(=O)OC)cc21. The van der Waals surface area contributed by atoms with Crippen LogP contribution in [0.1, 0.15) is 39.9 Å². The van der Waals surface area contributed by atoms with Crippen molar-refractivity contribution in [2.75, 3.05) is 7.11 Å². The van der Waals surface area contributed by atoms with E-state index in [4.69, 9.17) is 26.1 Å². The van der Waals surface area contributed by atoms with E-state index in [1.54, 1.807) is 42.9 Å². The first-order valence-electron chi connectivity index (χ1n) is 14.5. The maximum Gasteiger partial charge on any atom is 0.337 e. The summed E-state index contributed by atoms with van der Waals surface area (Å²) in [5, 5.41) is 0.244. The molecular weight excluding hydrogens is 617 g/mol. The van der Waals surface area contributed by atoms with Gasteiger partial charge in [-0.1, -0.05) is 35.9 Å². The molecule has 7 nitrogen and oxygen atoms in total. The lowest BCUT2D eigenvalue weighted by molar-refractivity contribution is 0.0601. The molecule has 6 rings (SSSR count). The third-order valence-electron chi connectivity index (χ3n) is 7.77. The summed E-state index contributed by atoms with van der Waals surface area (Å²) in [6.07, 6.45) is 3.68. The van der Waals surface area contributed by atoms with E-state index in [-0.39, 0.29) is 29.4 Å². The van der Waals surface area contributed by atoms with Crippen molar-refractivity contribution in [2.24, 2.45) is 0 Å². The van der Waals surface area contributed by atoms with Gasteiger partial charge in [-0.25, -0.2) is 27.9 Å². The number of aryl methyl sites for hydroxylation is 1. The van der Waals surface area contributed by atoms with Crippen LogP contribution in [-0.4, -0.2) is 32.2 Å². The summed E-state index contributed by atoms with van der Waals surface area (Å²) in [7, 11) is 1.32. The lowest BCUT2D eigenvalue weighted by Gasteiger charge is -2.13. The number of halogens is 4. The van der Waals surface area contributed by atoms with Gasteiger partial charge in [0.1, 0.15) is 24.1 Å². The van der Waals surface area contributed by atoms with Crippen molar-refractivity contribution in [3.05, 3.63) is 136 Å². The molecule has 0 N–H and O–H groups in total. The monoisotopic (exact) mass is 644 g/mol. The average molecular weight is 645 g/mol. The van der Waals surface area contributed by atoms with Crippen molar-refractivity contribution in [3.63, 3.8) is 0 Å². The number of nitrogens with zero attached hydrogens (tertiary/aromatic N) is 4. The van der Waals surface area contributed by atoms with Gasteiger partial charge >= 0.3 is 5.97 Å². The van der Waals surface area contributed by atoms with Crippen molar-refractivity contribution < 1.29 is 27.4 Å². The Balaban J connectivity index is 1.29. The average Bonchev–Trinajstić information content (AvgIpc) is 3.65. The molecule has 0 saturated carbocycles. The number of methoxy groups -OCH3 is 1. The molecule has 234 valence electrons. The normalized spacial score (nSPS) is 11.3. The van der Waals surface area contributed by atoms with E-state index in [2.05, 4.69) is 4.98 Å². The zero-order chi connectivity index (χ0) is 32.4. The Labute approximate surface area is 267 Å². The zero-order valence-electron chi connectivity index (χ0n) is 24.9. The van der Waals surface area contributed by atoms with Crippen LogP contribution in [0.15, 0.2) is 85.3 Å². The van der Waals surface area contributed by atoms with Gasteiger partial charge in [0.2, 0.25) is 0 Å². The Morgan fingerprint density at radius 1 is 0.891 bits per heavy atom. The minimum Gasteiger partial charge on any atom is -0.486 e. The summed E-state index contributed by atoms with van der Waals surface area (Å²) in [6, 6.07) is 18.2. The molecule has 6 aromatic rings. The van der Waals surface area contributed by atoms with Gasteiger partial charge in [-0.15, -0.1) is 0 Å². The van der Waals surface area contributed by atoms with Crippen LogP contribution >= 0.6 is 11.6 Å². The maximum absolute atomic E-state index is 15.7. The van der Waals surface area contributed by atoms with Crippen LogP contribution in [0.5, 0.6) is 5.75 Å². The van der Waals surface area contributed by atoms with Gasteiger partial charge in [-0.2, -0.15) is 0 Å². The molecule has 2 aromatic heterocycles. The number of ether oxygens (including phenoxy) is 2. The van der Waals surface area contributed by atoms with Crippen molar-refractivity contribution in [3.8, 4) is 16.9 Å². The fraction of sp³-hybridized carbons (Fsp3) is 0.171. The number of carbonyl (C=O) groups is 1.